The quantitative estimate of drug-likeness (QED) is 0.540. The van der Waals surface area contributed by atoms with Crippen LogP contribution in [0.5, 0.6) is 5.75 Å². The molecule has 1 fully saturated rings. The van der Waals surface area contributed by atoms with Gasteiger partial charge in [0.15, 0.2) is 11.6 Å². The third-order valence-electron chi connectivity index (χ3n) is 5.36. The lowest BCUT2D eigenvalue weighted by Crippen LogP contribution is -2.38. The van der Waals surface area contributed by atoms with Crippen LogP contribution in [-0.4, -0.2) is 60.2 Å². The van der Waals surface area contributed by atoms with Crippen LogP contribution in [0.15, 0.2) is 60.9 Å². The van der Waals surface area contributed by atoms with E-state index in [0.717, 1.165) is 49.5 Å². The van der Waals surface area contributed by atoms with Gasteiger partial charge in [0.2, 0.25) is 5.91 Å². The molecule has 0 saturated carbocycles. The molecule has 1 aliphatic heterocycles. The number of halogens is 1. The third-order valence-corrected chi connectivity index (χ3v) is 5.36. The predicted molar refractivity (Wildman–Crippen MR) is 122 cm³/mol. The number of rotatable bonds is 9. The van der Waals surface area contributed by atoms with Gasteiger partial charge in [-0.15, -0.1) is 0 Å². The first kappa shape index (κ1) is 22.8. The van der Waals surface area contributed by atoms with Crippen LogP contribution in [0.2, 0.25) is 0 Å². The van der Waals surface area contributed by atoms with Crippen molar-refractivity contribution in [1.82, 2.24) is 20.2 Å². The van der Waals surface area contributed by atoms with Gasteiger partial charge in [0.25, 0.3) is 0 Å². The normalized spacial score (nSPS) is 14.1. The SMILES string of the molecule is O=C(Cc1ccc(-c2ncc(OCCN3CCOCC3)cn2)cc1)NCc1cccc(F)c1. The van der Waals surface area contributed by atoms with E-state index >= 15 is 0 Å². The molecule has 0 aliphatic carbocycles. The van der Waals surface area contributed by atoms with Crippen LogP contribution >= 0.6 is 0 Å². The summed E-state index contributed by atoms with van der Waals surface area (Å²) < 4.78 is 24.3. The molecule has 0 unspecified atom stereocenters. The Balaban J connectivity index is 1.23. The minimum Gasteiger partial charge on any atom is -0.489 e. The number of benzene rings is 2. The summed E-state index contributed by atoms with van der Waals surface area (Å²) >= 11 is 0. The summed E-state index contributed by atoms with van der Waals surface area (Å²) in [5, 5.41) is 2.81. The Morgan fingerprint density at radius 1 is 1.06 bits per heavy atom. The number of amides is 1. The molecule has 7 nitrogen and oxygen atoms in total. The highest BCUT2D eigenvalue weighted by atomic mass is 19.1. The van der Waals surface area contributed by atoms with Gasteiger partial charge in [-0.25, -0.2) is 14.4 Å². The number of hydrogen-bond donors (Lipinski definition) is 1. The number of ether oxygens (including phenoxy) is 2. The molecule has 0 spiro atoms. The number of nitrogens with zero attached hydrogens (tertiary/aromatic N) is 3. The Labute approximate surface area is 192 Å². The van der Waals surface area contributed by atoms with Crippen LogP contribution in [0.1, 0.15) is 11.1 Å². The fraction of sp³-hybridized carbons (Fsp3) is 0.320. The molecule has 8 heteroatoms. The molecule has 4 rings (SSSR count). The van der Waals surface area contributed by atoms with Crippen molar-refractivity contribution in [2.24, 2.45) is 0 Å². The van der Waals surface area contributed by atoms with Gasteiger partial charge in [0, 0.05) is 31.7 Å². The molecule has 2 heterocycles. The highest BCUT2D eigenvalue weighted by molar-refractivity contribution is 5.78. The molecule has 0 atom stereocenters. The van der Waals surface area contributed by atoms with Crippen molar-refractivity contribution in [3.05, 3.63) is 77.9 Å². The van der Waals surface area contributed by atoms with E-state index in [0.29, 0.717) is 24.7 Å². The number of hydrogen-bond acceptors (Lipinski definition) is 6. The Morgan fingerprint density at radius 2 is 1.82 bits per heavy atom. The number of aromatic nitrogens is 2. The topological polar surface area (TPSA) is 76.6 Å². The molecular weight excluding hydrogens is 423 g/mol. The second kappa shape index (κ2) is 11.5. The van der Waals surface area contributed by atoms with Crippen LogP contribution < -0.4 is 10.1 Å². The highest BCUT2D eigenvalue weighted by Crippen LogP contribution is 2.18. The van der Waals surface area contributed by atoms with Gasteiger partial charge >= 0.3 is 0 Å². The maximum absolute atomic E-state index is 13.2. The minimum absolute atomic E-state index is 0.123. The first-order valence-corrected chi connectivity index (χ1v) is 11.0. The summed E-state index contributed by atoms with van der Waals surface area (Å²) in [7, 11) is 0. The molecular formula is C25H27FN4O3. The van der Waals surface area contributed by atoms with Gasteiger partial charge in [-0.3, -0.25) is 9.69 Å². The van der Waals surface area contributed by atoms with Crippen LogP contribution in [0.25, 0.3) is 11.4 Å². The average Bonchev–Trinajstić information content (AvgIpc) is 2.85. The van der Waals surface area contributed by atoms with Gasteiger partial charge in [-0.2, -0.15) is 0 Å². The summed E-state index contributed by atoms with van der Waals surface area (Å²) in [6.07, 6.45) is 3.59. The number of carbonyl (C=O) groups is 1. The van der Waals surface area contributed by atoms with Crippen molar-refractivity contribution in [1.29, 1.82) is 0 Å². The van der Waals surface area contributed by atoms with Gasteiger partial charge in [-0.1, -0.05) is 36.4 Å². The molecule has 1 saturated heterocycles. The molecule has 0 radical (unpaired) electrons. The monoisotopic (exact) mass is 450 g/mol. The molecule has 2 aromatic carbocycles. The number of nitrogens with one attached hydrogen (secondary N) is 1. The number of carbonyl (C=O) groups excluding carboxylic acids is 1. The summed E-state index contributed by atoms with van der Waals surface area (Å²) in [6.45, 7) is 5.14. The van der Waals surface area contributed by atoms with E-state index in [1.54, 1.807) is 24.5 Å². The molecule has 1 aliphatic rings. The predicted octanol–water partition coefficient (Wildman–Crippen LogP) is 2.85. The molecule has 1 aromatic heterocycles. The Bertz CT molecular complexity index is 1040. The van der Waals surface area contributed by atoms with E-state index in [9.17, 15) is 9.18 Å². The van der Waals surface area contributed by atoms with Gasteiger partial charge in [0.1, 0.15) is 12.4 Å². The molecule has 172 valence electrons. The fourth-order valence-corrected chi connectivity index (χ4v) is 3.52. The van der Waals surface area contributed by atoms with Crippen molar-refractivity contribution in [3.8, 4) is 17.1 Å². The molecule has 33 heavy (non-hydrogen) atoms. The molecule has 3 aromatic rings. The second-order valence-corrected chi connectivity index (χ2v) is 7.83. The Kier molecular flexibility index (Phi) is 7.94. The average molecular weight is 451 g/mol. The van der Waals surface area contributed by atoms with Crippen molar-refractivity contribution in [3.63, 3.8) is 0 Å². The van der Waals surface area contributed by atoms with E-state index in [4.69, 9.17) is 9.47 Å². The third kappa shape index (κ3) is 7.06. The van der Waals surface area contributed by atoms with E-state index in [-0.39, 0.29) is 18.1 Å². The van der Waals surface area contributed by atoms with Crippen LogP contribution in [-0.2, 0) is 22.5 Å². The second-order valence-electron chi connectivity index (χ2n) is 7.83. The maximum Gasteiger partial charge on any atom is 0.224 e. The maximum atomic E-state index is 13.2. The first-order valence-electron chi connectivity index (χ1n) is 11.0. The van der Waals surface area contributed by atoms with E-state index in [1.807, 2.05) is 24.3 Å². The molecule has 1 amide bonds. The van der Waals surface area contributed by atoms with Crippen molar-refractivity contribution < 1.29 is 18.7 Å². The highest BCUT2D eigenvalue weighted by Gasteiger charge is 2.10. The summed E-state index contributed by atoms with van der Waals surface area (Å²) in [5.41, 5.74) is 2.46. The van der Waals surface area contributed by atoms with Crippen LogP contribution in [0.3, 0.4) is 0 Å². The molecule has 1 N–H and O–H groups in total. The zero-order valence-electron chi connectivity index (χ0n) is 18.4. The summed E-state index contributed by atoms with van der Waals surface area (Å²) in [4.78, 5) is 23.3. The van der Waals surface area contributed by atoms with Crippen molar-refractivity contribution in [2.75, 3.05) is 39.5 Å². The van der Waals surface area contributed by atoms with Crippen molar-refractivity contribution >= 4 is 5.91 Å². The summed E-state index contributed by atoms with van der Waals surface area (Å²) in [6, 6.07) is 13.7. The minimum atomic E-state index is -0.313. The largest absolute Gasteiger partial charge is 0.489 e. The fourth-order valence-electron chi connectivity index (χ4n) is 3.52. The lowest BCUT2D eigenvalue weighted by Gasteiger charge is -2.26. The first-order chi connectivity index (χ1) is 16.2. The Hall–Kier alpha value is -3.36. The van der Waals surface area contributed by atoms with Crippen molar-refractivity contribution in [2.45, 2.75) is 13.0 Å². The van der Waals surface area contributed by atoms with Crippen LogP contribution in [0, 0.1) is 5.82 Å². The van der Waals surface area contributed by atoms with E-state index in [1.165, 1.54) is 12.1 Å². The standard InChI is InChI=1S/C25H27FN4O3/c26-22-3-1-2-20(14-22)16-27-24(31)15-19-4-6-21(7-5-19)25-28-17-23(18-29-25)33-13-10-30-8-11-32-12-9-30/h1-7,14,17-18H,8-13,15-16H2,(H,27,31). The smallest absolute Gasteiger partial charge is 0.224 e. The van der Waals surface area contributed by atoms with Gasteiger partial charge in [0.05, 0.1) is 32.0 Å². The lowest BCUT2D eigenvalue weighted by atomic mass is 10.1. The zero-order chi connectivity index (χ0) is 22.9. The lowest BCUT2D eigenvalue weighted by molar-refractivity contribution is -0.120. The van der Waals surface area contributed by atoms with E-state index in [2.05, 4.69) is 20.2 Å². The van der Waals surface area contributed by atoms with Crippen LogP contribution in [0.4, 0.5) is 4.39 Å². The summed E-state index contributed by atoms with van der Waals surface area (Å²) in [5.74, 6) is 0.796. The molecule has 0 bridgehead atoms. The zero-order valence-corrected chi connectivity index (χ0v) is 18.4. The van der Waals surface area contributed by atoms with Gasteiger partial charge in [-0.05, 0) is 23.3 Å². The number of morpholine rings is 1. The Morgan fingerprint density at radius 3 is 2.55 bits per heavy atom. The van der Waals surface area contributed by atoms with E-state index < -0.39 is 0 Å². The van der Waals surface area contributed by atoms with Gasteiger partial charge < -0.3 is 14.8 Å².